The van der Waals surface area contributed by atoms with Crippen LogP contribution in [0.15, 0.2) is 46.9 Å². The predicted octanol–water partition coefficient (Wildman–Crippen LogP) is 4.65. The molecule has 2 aromatic carbocycles. The minimum Gasteiger partial charge on any atom is -0.484 e. The molecule has 2 amide bonds. The molecule has 0 bridgehead atoms. The Labute approximate surface area is 192 Å². The summed E-state index contributed by atoms with van der Waals surface area (Å²) < 4.78 is 12.0. The largest absolute Gasteiger partial charge is 0.484 e. The fraction of sp³-hybridized carbons (Fsp3) is 0.417. The first-order valence-electron chi connectivity index (χ1n) is 10.1. The molecule has 2 N–H and O–H groups in total. The summed E-state index contributed by atoms with van der Waals surface area (Å²) in [6.07, 6.45) is 0. The number of benzene rings is 2. The van der Waals surface area contributed by atoms with E-state index in [9.17, 15) is 9.59 Å². The van der Waals surface area contributed by atoms with Gasteiger partial charge in [-0.1, -0.05) is 69.6 Å². The van der Waals surface area contributed by atoms with E-state index in [1.807, 2.05) is 24.3 Å². The summed E-state index contributed by atoms with van der Waals surface area (Å²) in [7, 11) is 0. The molecule has 31 heavy (non-hydrogen) atoms. The van der Waals surface area contributed by atoms with E-state index in [0.29, 0.717) is 11.5 Å². The number of nitrogens with one attached hydrogen (secondary N) is 2. The van der Waals surface area contributed by atoms with E-state index in [0.717, 1.165) is 10.0 Å². The SMILES string of the molecule is CC(C)(C)c1ccc(OCC(=O)NNC(=O)COc2ccc(Br)cc2)c(C(C)(C)C)c1. The normalized spacial score (nSPS) is 11.6. The van der Waals surface area contributed by atoms with Crippen LogP contribution in [0.5, 0.6) is 11.5 Å². The minimum atomic E-state index is -0.471. The zero-order chi connectivity index (χ0) is 23.2. The molecule has 0 aliphatic carbocycles. The first-order valence-corrected chi connectivity index (χ1v) is 10.9. The summed E-state index contributed by atoms with van der Waals surface area (Å²) in [5, 5.41) is 0. The molecule has 7 heteroatoms. The van der Waals surface area contributed by atoms with Gasteiger partial charge in [0.2, 0.25) is 0 Å². The molecule has 0 fully saturated rings. The molecule has 0 radical (unpaired) electrons. The maximum atomic E-state index is 12.1. The lowest BCUT2D eigenvalue weighted by Crippen LogP contribution is -2.45. The molecule has 0 heterocycles. The van der Waals surface area contributed by atoms with Crippen molar-refractivity contribution in [1.82, 2.24) is 10.9 Å². The Balaban J connectivity index is 1.87. The Morgan fingerprint density at radius 1 is 0.806 bits per heavy atom. The van der Waals surface area contributed by atoms with Gasteiger partial charge in [0.25, 0.3) is 11.8 Å². The average Bonchev–Trinajstić information content (AvgIpc) is 2.68. The van der Waals surface area contributed by atoms with Gasteiger partial charge in [-0.05, 0) is 52.3 Å². The number of hydrogen-bond donors (Lipinski definition) is 2. The number of rotatable bonds is 6. The topological polar surface area (TPSA) is 76.7 Å². The number of carbonyl (C=O) groups is 2. The van der Waals surface area contributed by atoms with E-state index in [1.54, 1.807) is 12.1 Å². The molecule has 0 unspecified atom stereocenters. The molecule has 0 spiro atoms. The third-order valence-electron chi connectivity index (χ3n) is 4.54. The third-order valence-corrected chi connectivity index (χ3v) is 5.07. The van der Waals surface area contributed by atoms with Gasteiger partial charge in [-0.15, -0.1) is 0 Å². The number of hydrogen-bond acceptors (Lipinski definition) is 4. The fourth-order valence-corrected chi connectivity index (χ4v) is 3.01. The highest BCUT2D eigenvalue weighted by Gasteiger charge is 2.23. The lowest BCUT2D eigenvalue weighted by atomic mass is 9.80. The Morgan fingerprint density at radius 2 is 1.35 bits per heavy atom. The quantitative estimate of drug-likeness (QED) is 0.577. The van der Waals surface area contributed by atoms with E-state index in [4.69, 9.17) is 9.47 Å². The minimum absolute atomic E-state index is 0.0124. The van der Waals surface area contributed by atoms with Crippen LogP contribution in [0.2, 0.25) is 0 Å². The molecule has 168 valence electrons. The van der Waals surface area contributed by atoms with E-state index in [1.165, 1.54) is 5.56 Å². The number of halogens is 1. The summed E-state index contributed by atoms with van der Waals surface area (Å²) in [5.41, 5.74) is 6.76. The molecule has 6 nitrogen and oxygen atoms in total. The van der Waals surface area contributed by atoms with Gasteiger partial charge in [0.15, 0.2) is 13.2 Å². The van der Waals surface area contributed by atoms with E-state index < -0.39 is 11.8 Å². The summed E-state index contributed by atoms with van der Waals surface area (Å²) >= 11 is 3.33. The van der Waals surface area contributed by atoms with Crippen LogP contribution >= 0.6 is 15.9 Å². The summed E-state index contributed by atoms with van der Waals surface area (Å²) in [6, 6.07) is 13.2. The number of hydrazine groups is 1. The van der Waals surface area contributed by atoms with Gasteiger partial charge >= 0.3 is 0 Å². The zero-order valence-electron chi connectivity index (χ0n) is 19.0. The van der Waals surface area contributed by atoms with Gasteiger partial charge in [-0.2, -0.15) is 0 Å². The zero-order valence-corrected chi connectivity index (χ0v) is 20.6. The highest BCUT2D eigenvalue weighted by atomic mass is 79.9. The average molecular weight is 491 g/mol. The first-order chi connectivity index (χ1) is 14.4. The van der Waals surface area contributed by atoms with Crippen LogP contribution in [0.25, 0.3) is 0 Å². The smallest absolute Gasteiger partial charge is 0.276 e. The molecule has 0 atom stereocenters. The summed E-state index contributed by atoms with van der Waals surface area (Å²) in [6.45, 7) is 12.4. The van der Waals surface area contributed by atoms with Crippen molar-refractivity contribution >= 4 is 27.7 Å². The maximum absolute atomic E-state index is 12.1. The number of carbonyl (C=O) groups excluding carboxylic acids is 2. The van der Waals surface area contributed by atoms with Crippen LogP contribution in [-0.2, 0) is 20.4 Å². The van der Waals surface area contributed by atoms with Crippen molar-refractivity contribution in [1.29, 1.82) is 0 Å². The standard InChI is InChI=1S/C24H31BrN2O4/c1-23(2,3)16-7-12-20(19(13-16)24(4,5)6)31-15-22(29)27-26-21(28)14-30-18-10-8-17(25)9-11-18/h7-13H,14-15H2,1-6H3,(H,26,28)(H,27,29). The maximum Gasteiger partial charge on any atom is 0.276 e. The summed E-state index contributed by atoms with van der Waals surface area (Å²) in [4.78, 5) is 24.0. The second kappa shape index (κ2) is 10.2. The monoisotopic (exact) mass is 490 g/mol. The Bertz CT molecular complexity index is 913. The van der Waals surface area contributed by atoms with Gasteiger partial charge < -0.3 is 9.47 Å². The van der Waals surface area contributed by atoms with Crippen LogP contribution in [0, 0.1) is 0 Å². The van der Waals surface area contributed by atoms with Crippen LogP contribution in [0.4, 0.5) is 0 Å². The predicted molar refractivity (Wildman–Crippen MR) is 125 cm³/mol. The van der Waals surface area contributed by atoms with Crippen LogP contribution in [0.3, 0.4) is 0 Å². The van der Waals surface area contributed by atoms with Crippen molar-refractivity contribution < 1.29 is 19.1 Å². The van der Waals surface area contributed by atoms with E-state index in [-0.39, 0.29) is 24.0 Å². The van der Waals surface area contributed by atoms with Crippen molar-refractivity contribution in [3.05, 3.63) is 58.1 Å². The van der Waals surface area contributed by atoms with Crippen molar-refractivity contribution in [3.63, 3.8) is 0 Å². The van der Waals surface area contributed by atoms with Gasteiger partial charge in [-0.25, -0.2) is 0 Å². The van der Waals surface area contributed by atoms with Gasteiger partial charge in [0.1, 0.15) is 11.5 Å². The van der Waals surface area contributed by atoms with Crippen molar-refractivity contribution in [2.45, 2.75) is 52.4 Å². The lowest BCUT2D eigenvalue weighted by Gasteiger charge is -2.27. The molecule has 0 aromatic heterocycles. The number of amides is 2. The van der Waals surface area contributed by atoms with Crippen LogP contribution in [0.1, 0.15) is 52.7 Å². The molecular weight excluding hydrogens is 460 g/mol. The van der Waals surface area contributed by atoms with Gasteiger partial charge in [0.05, 0.1) is 0 Å². The molecule has 0 aliphatic heterocycles. The highest BCUT2D eigenvalue weighted by Crippen LogP contribution is 2.35. The van der Waals surface area contributed by atoms with Crippen molar-refractivity contribution in [3.8, 4) is 11.5 Å². The Morgan fingerprint density at radius 3 is 1.87 bits per heavy atom. The van der Waals surface area contributed by atoms with Crippen molar-refractivity contribution in [2.75, 3.05) is 13.2 Å². The van der Waals surface area contributed by atoms with E-state index in [2.05, 4.69) is 74.4 Å². The Kier molecular flexibility index (Phi) is 8.12. The molecular formula is C24H31BrN2O4. The second-order valence-electron chi connectivity index (χ2n) is 9.34. The molecule has 2 rings (SSSR count). The highest BCUT2D eigenvalue weighted by molar-refractivity contribution is 9.10. The Hall–Kier alpha value is -2.54. The van der Waals surface area contributed by atoms with Gasteiger partial charge in [0, 0.05) is 4.47 Å². The molecule has 0 saturated carbocycles. The lowest BCUT2D eigenvalue weighted by molar-refractivity contribution is -0.131. The third kappa shape index (κ3) is 7.90. The van der Waals surface area contributed by atoms with Crippen LogP contribution < -0.4 is 20.3 Å². The van der Waals surface area contributed by atoms with Gasteiger partial charge in [-0.3, -0.25) is 20.4 Å². The molecule has 0 aliphatic rings. The first kappa shape index (κ1) is 24.7. The molecule has 0 saturated heterocycles. The molecule has 2 aromatic rings. The fourth-order valence-electron chi connectivity index (χ4n) is 2.74. The van der Waals surface area contributed by atoms with Crippen LogP contribution in [-0.4, -0.2) is 25.0 Å². The van der Waals surface area contributed by atoms with Crippen molar-refractivity contribution in [2.24, 2.45) is 0 Å². The van der Waals surface area contributed by atoms with E-state index >= 15 is 0 Å². The number of ether oxygens (including phenoxy) is 2. The summed E-state index contributed by atoms with van der Waals surface area (Å²) in [5.74, 6) is 0.278. The second-order valence-corrected chi connectivity index (χ2v) is 10.3.